The van der Waals surface area contributed by atoms with Crippen molar-refractivity contribution in [2.24, 2.45) is 23.2 Å². The minimum Gasteiger partial charge on any atom is -0.316 e. The molecule has 0 spiro atoms. The minimum absolute atomic E-state index is 0.586. The number of nitrogens with zero attached hydrogens (tertiary/aromatic N) is 1. The number of hydrogen-bond acceptors (Lipinski definition) is 3. The molecule has 0 saturated heterocycles. The minimum atomic E-state index is 0.586. The summed E-state index contributed by atoms with van der Waals surface area (Å²) < 4.78 is 0. The molecular weight excluding hydrogens is 264 g/mol. The lowest BCUT2D eigenvalue weighted by Gasteiger charge is -2.59. The summed E-state index contributed by atoms with van der Waals surface area (Å²) in [4.78, 5) is 4.70. The van der Waals surface area contributed by atoms with Gasteiger partial charge in [-0.25, -0.2) is 4.98 Å². The molecule has 1 heterocycles. The smallest absolute Gasteiger partial charge is 0.0943 e. The summed E-state index contributed by atoms with van der Waals surface area (Å²) in [7, 11) is 2.17. The molecule has 0 aromatic carbocycles. The van der Waals surface area contributed by atoms with Crippen molar-refractivity contribution in [2.45, 2.75) is 57.9 Å². The third-order valence-corrected chi connectivity index (χ3v) is 7.21. The largest absolute Gasteiger partial charge is 0.316 e. The second kappa shape index (κ2) is 4.81. The Bertz CT molecular complexity index is 458. The molecule has 4 aliphatic carbocycles. The van der Waals surface area contributed by atoms with Gasteiger partial charge in [-0.05, 0) is 75.7 Å². The molecule has 1 atom stereocenters. The van der Waals surface area contributed by atoms with Gasteiger partial charge >= 0.3 is 0 Å². The Hall–Kier alpha value is -0.410. The maximum absolute atomic E-state index is 4.70. The summed E-state index contributed by atoms with van der Waals surface area (Å²) in [5, 5.41) is 7.21. The number of likely N-dealkylation sites (N-methyl/N-ethyl adjacent to an activating group) is 1. The number of rotatable bonds is 4. The van der Waals surface area contributed by atoms with Crippen molar-refractivity contribution in [3.8, 4) is 0 Å². The molecule has 20 heavy (non-hydrogen) atoms. The molecule has 4 fully saturated rings. The van der Waals surface area contributed by atoms with Crippen LogP contribution < -0.4 is 5.32 Å². The Kier molecular flexibility index (Phi) is 3.19. The summed E-state index contributed by atoms with van der Waals surface area (Å²) in [6.07, 6.45) is 10.2. The maximum atomic E-state index is 4.70. The van der Waals surface area contributed by atoms with E-state index in [0.29, 0.717) is 11.5 Å². The first kappa shape index (κ1) is 13.3. The number of aromatic nitrogens is 1. The molecule has 4 saturated carbocycles. The highest BCUT2D eigenvalue weighted by molar-refractivity contribution is 7.09. The van der Waals surface area contributed by atoms with Crippen molar-refractivity contribution in [3.05, 3.63) is 16.1 Å². The van der Waals surface area contributed by atoms with E-state index in [1.807, 2.05) is 11.3 Å². The monoisotopic (exact) mass is 290 g/mol. The van der Waals surface area contributed by atoms with E-state index in [4.69, 9.17) is 4.98 Å². The molecule has 2 nitrogen and oxygen atoms in total. The van der Waals surface area contributed by atoms with E-state index in [0.717, 1.165) is 24.2 Å². The maximum Gasteiger partial charge on any atom is 0.0943 e. The summed E-state index contributed by atoms with van der Waals surface area (Å²) in [6, 6.07) is 0.640. The molecular formula is C17H26N2S. The van der Waals surface area contributed by atoms with Gasteiger partial charge in [0.1, 0.15) is 0 Å². The summed E-state index contributed by atoms with van der Waals surface area (Å²) in [5.41, 5.74) is 1.77. The van der Waals surface area contributed by atoms with E-state index in [9.17, 15) is 0 Å². The average molecular weight is 290 g/mol. The van der Waals surface area contributed by atoms with Crippen LogP contribution in [0.15, 0.2) is 5.38 Å². The fraction of sp³-hybridized carbons (Fsp3) is 0.824. The zero-order valence-electron chi connectivity index (χ0n) is 12.7. The Balaban J connectivity index is 1.57. The van der Waals surface area contributed by atoms with Crippen molar-refractivity contribution in [3.63, 3.8) is 0 Å². The number of thiazole rings is 1. The van der Waals surface area contributed by atoms with Crippen LogP contribution in [0.25, 0.3) is 0 Å². The summed E-state index contributed by atoms with van der Waals surface area (Å²) in [6.45, 7) is 2.11. The quantitative estimate of drug-likeness (QED) is 0.912. The number of nitrogens with one attached hydrogen (secondary N) is 1. The predicted molar refractivity (Wildman–Crippen MR) is 84.0 cm³/mol. The van der Waals surface area contributed by atoms with Gasteiger partial charge in [0.05, 0.1) is 5.01 Å². The summed E-state index contributed by atoms with van der Waals surface area (Å²) >= 11 is 1.85. The highest BCUT2D eigenvalue weighted by Crippen LogP contribution is 2.61. The van der Waals surface area contributed by atoms with Crippen LogP contribution >= 0.6 is 11.3 Å². The molecule has 5 rings (SSSR count). The first-order valence-corrected chi connectivity index (χ1v) is 9.13. The molecule has 4 bridgehead atoms. The topological polar surface area (TPSA) is 24.9 Å². The van der Waals surface area contributed by atoms with Gasteiger partial charge in [0.2, 0.25) is 0 Å². The number of aryl methyl sites for hydroxylation is 1. The SMILES string of the molecule is CNC(Cc1nc(C)cs1)C12CC3CC(CC(C3)C1)C2. The van der Waals surface area contributed by atoms with Crippen LogP contribution in [0.1, 0.15) is 49.2 Å². The molecule has 1 aromatic heterocycles. The van der Waals surface area contributed by atoms with Crippen LogP contribution in [-0.2, 0) is 6.42 Å². The molecule has 3 heteroatoms. The second-order valence-electron chi connectivity index (χ2n) is 7.71. The van der Waals surface area contributed by atoms with Gasteiger partial charge in [0.15, 0.2) is 0 Å². The van der Waals surface area contributed by atoms with Crippen molar-refractivity contribution in [2.75, 3.05) is 7.05 Å². The van der Waals surface area contributed by atoms with Crippen LogP contribution in [0.4, 0.5) is 0 Å². The van der Waals surface area contributed by atoms with E-state index in [-0.39, 0.29) is 0 Å². The zero-order valence-corrected chi connectivity index (χ0v) is 13.5. The molecule has 4 aliphatic rings. The molecule has 1 N–H and O–H groups in total. The van der Waals surface area contributed by atoms with Crippen LogP contribution in [0.2, 0.25) is 0 Å². The lowest BCUT2D eigenvalue weighted by atomic mass is 9.47. The van der Waals surface area contributed by atoms with Crippen LogP contribution in [0.3, 0.4) is 0 Å². The van der Waals surface area contributed by atoms with Crippen molar-refractivity contribution in [1.82, 2.24) is 10.3 Å². The van der Waals surface area contributed by atoms with Crippen LogP contribution in [-0.4, -0.2) is 18.1 Å². The lowest BCUT2D eigenvalue weighted by molar-refractivity contribution is -0.0724. The average Bonchev–Trinajstić information content (AvgIpc) is 2.80. The predicted octanol–water partition coefficient (Wildman–Crippen LogP) is 3.80. The number of hydrogen-bond donors (Lipinski definition) is 1. The Morgan fingerprint density at radius 3 is 2.30 bits per heavy atom. The van der Waals surface area contributed by atoms with Gasteiger partial charge < -0.3 is 5.32 Å². The van der Waals surface area contributed by atoms with Gasteiger partial charge in [-0.1, -0.05) is 0 Å². The van der Waals surface area contributed by atoms with Gasteiger partial charge in [0, 0.05) is 23.5 Å². The molecule has 0 amide bonds. The van der Waals surface area contributed by atoms with Crippen LogP contribution in [0, 0.1) is 30.1 Å². The van der Waals surface area contributed by atoms with E-state index in [1.54, 1.807) is 0 Å². The van der Waals surface area contributed by atoms with Crippen molar-refractivity contribution < 1.29 is 0 Å². The molecule has 0 aliphatic heterocycles. The fourth-order valence-corrected chi connectivity index (χ4v) is 6.72. The van der Waals surface area contributed by atoms with Crippen molar-refractivity contribution >= 4 is 11.3 Å². The highest BCUT2D eigenvalue weighted by Gasteiger charge is 2.53. The van der Waals surface area contributed by atoms with Crippen molar-refractivity contribution in [1.29, 1.82) is 0 Å². The standard InChI is InChI=1S/C17H26N2S/c1-11-10-20-16(19-11)6-15(18-2)17-7-12-3-13(8-17)5-14(4-12)9-17/h10,12-15,18H,3-9H2,1-2H3. The second-order valence-corrected chi connectivity index (χ2v) is 8.65. The summed E-state index contributed by atoms with van der Waals surface area (Å²) in [5.74, 6) is 3.11. The van der Waals surface area contributed by atoms with E-state index >= 15 is 0 Å². The Labute approximate surface area is 126 Å². The Morgan fingerprint density at radius 1 is 1.25 bits per heavy atom. The van der Waals surface area contributed by atoms with Crippen LogP contribution in [0.5, 0.6) is 0 Å². The highest BCUT2D eigenvalue weighted by atomic mass is 32.1. The Morgan fingerprint density at radius 2 is 1.85 bits per heavy atom. The molecule has 110 valence electrons. The third kappa shape index (κ3) is 2.14. The first-order valence-electron chi connectivity index (χ1n) is 8.25. The van der Waals surface area contributed by atoms with Gasteiger partial charge in [0.25, 0.3) is 0 Å². The lowest BCUT2D eigenvalue weighted by Crippen LogP contribution is -2.56. The van der Waals surface area contributed by atoms with E-state index in [2.05, 4.69) is 24.7 Å². The van der Waals surface area contributed by atoms with E-state index < -0.39 is 0 Å². The fourth-order valence-electron chi connectivity index (χ4n) is 5.90. The molecule has 1 unspecified atom stereocenters. The van der Waals surface area contributed by atoms with Gasteiger partial charge in [-0.15, -0.1) is 11.3 Å². The molecule has 0 radical (unpaired) electrons. The molecule has 1 aromatic rings. The zero-order chi connectivity index (χ0) is 13.7. The third-order valence-electron chi connectivity index (χ3n) is 6.22. The van der Waals surface area contributed by atoms with Gasteiger partial charge in [-0.3, -0.25) is 0 Å². The first-order chi connectivity index (χ1) is 9.67. The van der Waals surface area contributed by atoms with E-state index in [1.165, 1.54) is 49.2 Å². The normalized spacial score (nSPS) is 40.2. The van der Waals surface area contributed by atoms with Gasteiger partial charge in [-0.2, -0.15) is 0 Å².